The second-order valence-corrected chi connectivity index (χ2v) is 9.77. The summed E-state index contributed by atoms with van der Waals surface area (Å²) < 4.78 is 11.9. The summed E-state index contributed by atoms with van der Waals surface area (Å²) in [6.07, 6.45) is 18.1. The standard InChI is InChI=1S/C28H45ClO3/c1-2-3-4-5-6-7-8-9-14-19-25(31-23-24-17-12-10-13-18-24)22-27-26(28(30)32-27)20-15-11-16-21-29/h10,12-13,17-18,25-27H,2-9,11,14-16,19-23H2,1H3/t25-,26-,27-/m0/s1. The van der Waals surface area contributed by atoms with Gasteiger partial charge in [-0.15, -0.1) is 11.6 Å². The lowest BCUT2D eigenvalue weighted by atomic mass is 9.86. The molecule has 1 saturated heterocycles. The topological polar surface area (TPSA) is 35.5 Å². The minimum absolute atomic E-state index is 0.0224. The zero-order chi connectivity index (χ0) is 22.9. The Morgan fingerprint density at radius 1 is 0.906 bits per heavy atom. The molecule has 182 valence electrons. The van der Waals surface area contributed by atoms with E-state index in [2.05, 4.69) is 31.2 Å². The van der Waals surface area contributed by atoms with Crippen LogP contribution in [0.5, 0.6) is 0 Å². The fourth-order valence-corrected chi connectivity index (χ4v) is 4.74. The molecular weight excluding hydrogens is 420 g/mol. The Morgan fingerprint density at radius 2 is 1.56 bits per heavy atom. The van der Waals surface area contributed by atoms with Gasteiger partial charge in [-0.25, -0.2) is 0 Å². The molecule has 3 atom stereocenters. The van der Waals surface area contributed by atoms with Gasteiger partial charge < -0.3 is 9.47 Å². The number of hydrogen-bond acceptors (Lipinski definition) is 3. The average Bonchev–Trinajstić information content (AvgIpc) is 2.81. The van der Waals surface area contributed by atoms with Crippen LogP contribution in [0.4, 0.5) is 0 Å². The molecule has 0 spiro atoms. The third kappa shape index (κ3) is 11.2. The summed E-state index contributed by atoms with van der Waals surface area (Å²) in [5.41, 5.74) is 1.20. The number of carbonyl (C=O) groups excluding carboxylic acids is 1. The van der Waals surface area contributed by atoms with Crippen LogP contribution < -0.4 is 0 Å². The van der Waals surface area contributed by atoms with Crippen molar-refractivity contribution in [3.05, 3.63) is 35.9 Å². The Bertz CT molecular complexity index is 592. The van der Waals surface area contributed by atoms with E-state index in [1.165, 1.54) is 63.4 Å². The van der Waals surface area contributed by atoms with Crippen LogP contribution in [-0.2, 0) is 20.9 Å². The molecule has 1 fully saturated rings. The molecule has 32 heavy (non-hydrogen) atoms. The van der Waals surface area contributed by atoms with Crippen molar-refractivity contribution < 1.29 is 14.3 Å². The van der Waals surface area contributed by atoms with E-state index >= 15 is 0 Å². The van der Waals surface area contributed by atoms with Crippen LogP contribution in [0.3, 0.4) is 0 Å². The Morgan fingerprint density at radius 3 is 2.22 bits per heavy atom. The first-order chi connectivity index (χ1) is 15.7. The molecule has 0 radical (unpaired) electrons. The number of alkyl halides is 1. The fraction of sp³-hybridized carbons (Fsp3) is 0.750. The second kappa shape index (κ2) is 17.4. The number of halogens is 1. The van der Waals surface area contributed by atoms with E-state index in [1.54, 1.807) is 0 Å². The summed E-state index contributed by atoms with van der Waals surface area (Å²) in [5.74, 6) is 0.731. The van der Waals surface area contributed by atoms with Crippen molar-refractivity contribution in [2.24, 2.45) is 5.92 Å². The molecule has 0 amide bonds. The van der Waals surface area contributed by atoms with Gasteiger partial charge in [0.15, 0.2) is 0 Å². The minimum Gasteiger partial charge on any atom is -0.461 e. The summed E-state index contributed by atoms with van der Waals surface area (Å²) in [5, 5.41) is 0. The third-order valence-electron chi connectivity index (χ3n) is 6.62. The first-order valence-corrected chi connectivity index (χ1v) is 13.7. The van der Waals surface area contributed by atoms with E-state index in [9.17, 15) is 4.79 Å². The van der Waals surface area contributed by atoms with Gasteiger partial charge in [0.2, 0.25) is 0 Å². The number of esters is 1. The van der Waals surface area contributed by atoms with Gasteiger partial charge in [0.05, 0.1) is 18.6 Å². The van der Waals surface area contributed by atoms with Crippen LogP contribution in [0.15, 0.2) is 30.3 Å². The largest absolute Gasteiger partial charge is 0.461 e. The van der Waals surface area contributed by atoms with Crippen molar-refractivity contribution in [3.63, 3.8) is 0 Å². The molecule has 0 aromatic heterocycles. The van der Waals surface area contributed by atoms with Crippen molar-refractivity contribution in [1.82, 2.24) is 0 Å². The molecule has 1 aromatic carbocycles. The van der Waals surface area contributed by atoms with E-state index < -0.39 is 0 Å². The van der Waals surface area contributed by atoms with Gasteiger partial charge in [0, 0.05) is 12.3 Å². The molecule has 0 N–H and O–H groups in total. The number of benzene rings is 1. The molecule has 3 nitrogen and oxygen atoms in total. The Labute approximate surface area is 201 Å². The van der Waals surface area contributed by atoms with Gasteiger partial charge in [-0.2, -0.15) is 0 Å². The van der Waals surface area contributed by atoms with E-state index in [0.717, 1.165) is 38.5 Å². The molecule has 1 aromatic rings. The van der Waals surface area contributed by atoms with Crippen LogP contribution in [0.1, 0.15) is 109 Å². The molecule has 1 aliphatic rings. The first-order valence-electron chi connectivity index (χ1n) is 13.2. The van der Waals surface area contributed by atoms with Gasteiger partial charge in [0.25, 0.3) is 0 Å². The molecule has 0 bridgehead atoms. The van der Waals surface area contributed by atoms with Crippen LogP contribution in [-0.4, -0.2) is 24.1 Å². The smallest absolute Gasteiger partial charge is 0.313 e. The van der Waals surface area contributed by atoms with E-state index in [1.807, 2.05) is 6.07 Å². The Hall–Kier alpha value is -1.06. The number of unbranched alkanes of at least 4 members (excludes halogenated alkanes) is 10. The number of cyclic esters (lactones) is 1. The van der Waals surface area contributed by atoms with E-state index in [-0.39, 0.29) is 24.1 Å². The van der Waals surface area contributed by atoms with Crippen molar-refractivity contribution in [1.29, 1.82) is 0 Å². The summed E-state index contributed by atoms with van der Waals surface area (Å²) in [6.45, 7) is 2.90. The molecule has 0 saturated carbocycles. The minimum atomic E-state index is -0.0224. The van der Waals surface area contributed by atoms with Gasteiger partial charge in [0.1, 0.15) is 6.10 Å². The number of ether oxygens (including phenoxy) is 2. The lowest BCUT2D eigenvalue weighted by Crippen LogP contribution is -2.47. The van der Waals surface area contributed by atoms with Crippen molar-refractivity contribution in [2.45, 2.75) is 122 Å². The highest BCUT2D eigenvalue weighted by molar-refractivity contribution is 6.17. The first kappa shape index (κ1) is 27.2. The maximum absolute atomic E-state index is 12.0. The van der Waals surface area contributed by atoms with Gasteiger partial charge in [-0.1, -0.05) is 108 Å². The molecule has 4 heteroatoms. The summed E-state index contributed by atoms with van der Waals surface area (Å²) >= 11 is 5.78. The predicted molar refractivity (Wildman–Crippen MR) is 134 cm³/mol. The maximum Gasteiger partial charge on any atom is 0.313 e. The molecule has 1 aliphatic heterocycles. The highest BCUT2D eigenvalue weighted by Crippen LogP contribution is 2.32. The van der Waals surface area contributed by atoms with Crippen LogP contribution in [0, 0.1) is 5.92 Å². The number of hydrogen-bond donors (Lipinski definition) is 0. The SMILES string of the molecule is CCCCCCCCCCC[C@@H](C[C@@H]1OC(=O)[C@H]1CCCCCCl)OCc1ccccc1. The van der Waals surface area contributed by atoms with Gasteiger partial charge in [-0.05, 0) is 24.8 Å². The van der Waals surface area contributed by atoms with Gasteiger partial charge in [-0.3, -0.25) is 4.79 Å². The zero-order valence-electron chi connectivity index (χ0n) is 20.2. The van der Waals surface area contributed by atoms with Crippen molar-refractivity contribution in [2.75, 3.05) is 5.88 Å². The normalized spacial score (nSPS) is 18.9. The van der Waals surface area contributed by atoms with Crippen molar-refractivity contribution >= 4 is 17.6 Å². The molecular formula is C28H45ClO3. The number of rotatable bonds is 20. The second-order valence-electron chi connectivity index (χ2n) is 9.39. The summed E-state index contributed by atoms with van der Waals surface area (Å²) in [7, 11) is 0. The number of carbonyl (C=O) groups is 1. The highest BCUT2D eigenvalue weighted by Gasteiger charge is 2.42. The zero-order valence-corrected chi connectivity index (χ0v) is 21.0. The predicted octanol–water partition coefficient (Wildman–Crippen LogP) is 8.22. The van der Waals surface area contributed by atoms with Crippen molar-refractivity contribution in [3.8, 4) is 0 Å². The Balaban J connectivity index is 1.72. The summed E-state index contributed by atoms with van der Waals surface area (Å²) in [6, 6.07) is 10.4. The molecule has 0 unspecified atom stereocenters. The van der Waals surface area contributed by atoms with Crippen LogP contribution in [0.25, 0.3) is 0 Å². The van der Waals surface area contributed by atoms with Crippen LogP contribution in [0.2, 0.25) is 0 Å². The summed E-state index contributed by atoms with van der Waals surface area (Å²) in [4.78, 5) is 12.0. The lowest BCUT2D eigenvalue weighted by Gasteiger charge is -2.37. The lowest BCUT2D eigenvalue weighted by molar-refractivity contribution is -0.190. The third-order valence-corrected chi connectivity index (χ3v) is 6.89. The van der Waals surface area contributed by atoms with Crippen LogP contribution >= 0.6 is 11.6 Å². The van der Waals surface area contributed by atoms with Gasteiger partial charge >= 0.3 is 5.97 Å². The maximum atomic E-state index is 12.0. The fourth-order valence-electron chi connectivity index (χ4n) is 4.55. The average molecular weight is 465 g/mol. The quantitative estimate of drug-likeness (QED) is 0.111. The molecule has 2 rings (SSSR count). The molecule has 1 heterocycles. The monoisotopic (exact) mass is 464 g/mol. The van der Waals surface area contributed by atoms with E-state index in [4.69, 9.17) is 21.1 Å². The molecule has 0 aliphatic carbocycles. The highest BCUT2D eigenvalue weighted by atomic mass is 35.5. The Kier molecular flexibility index (Phi) is 14.8. The van der Waals surface area contributed by atoms with E-state index in [0.29, 0.717) is 12.5 Å².